The molecule has 8 heteroatoms. The Hall–Kier alpha value is -5.39. The van der Waals surface area contributed by atoms with Crippen molar-refractivity contribution in [1.29, 1.82) is 0 Å². The average Bonchev–Trinajstić information content (AvgIpc) is 3.79. The third-order valence-corrected chi connectivity index (χ3v) is 12.5. The van der Waals surface area contributed by atoms with Crippen LogP contribution in [-0.4, -0.2) is 16.5 Å². The van der Waals surface area contributed by atoms with E-state index >= 15 is 0 Å². The molecule has 2 aliphatic heterocycles. The molecule has 4 heterocycles. The van der Waals surface area contributed by atoms with E-state index in [1.54, 1.807) is 0 Å². The monoisotopic (exact) mass is 940 g/mol. The first-order chi connectivity index (χ1) is 27.2. The van der Waals surface area contributed by atoms with E-state index in [2.05, 4.69) is 192 Å². The molecule has 0 aliphatic carbocycles. The Kier molecular flexibility index (Phi) is 9.83. The predicted molar refractivity (Wildman–Crippen MR) is 231 cm³/mol. The van der Waals surface area contributed by atoms with Crippen LogP contribution in [-0.2, 0) is 37.3 Å². The molecule has 2 aromatic heterocycles. The van der Waals surface area contributed by atoms with Crippen LogP contribution in [0.25, 0.3) is 11.4 Å². The summed E-state index contributed by atoms with van der Waals surface area (Å²) in [6.07, 6.45) is 7.75. The quantitative estimate of drug-likeness (QED) is 0.0946. The van der Waals surface area contributed by atoms with Gasteiger partial charge in [0.25, 0.3) is 6.33 Å². The van der Waals surface area contributed by atoms with Crippen LogP contribution in [0.1, 0.15) is 76.4 Å². The van der Waals surface area contributed by atoms with Crippen molar-refractivity contribution in [1.82, 2.24) is 9.55 Å². The number of hydrogen-bond acceptors (Lipinski definition) is 4. The number of rotatable bonds is 6. The molecule has 0 atom stereocenters. The number of fused-ring (bicyclic) bond motifs is 4. The van der Waals surface area contributed by atoms with Gasteiger partial charge in [0, 0.05) is 56.1 Å². The SMILES string of the molecule is Cc1cccc(C)c1B1N(c2cc(C(C)(C)C)ccn2)c2[c-]c(Oc3[c-]c(-n4[c-][n+]5c(c4)C(C)(C)C(C)(C)c4ccccc4-5)ccc3)ccc2N1c1ccccc1.[Pt]. The molecule has 0 amide bonds. The Morgan fingerprint density at radius 1 is 0.724 bits per heavy atom. The first kappa shape index (κ1) is 39.4. The second-order valence-electron chi connectivity index (χ2n) is 17.6. The van der Waals surface area contributed by atoms with Gasteiger partial charge in [-0.15, -0.1) is 30.3 Å². The van der Waals surface area contributed by atoms with Crippen molar-refractivity contribution >= 4 is 35.3 Å². The van der Waals surface area contributed by atoms with Gasteiger partial charge in [-0.05, 0) is 77.3 Å². The van der Waals surface area contributed by atoms with E-state index in [1.165, 1.54) is 33.4 Å². The summed E-state index contributed by atoms with van der Waals surface area (Å²) in [6, 6.07) is 47.6. The van der Waals surface area contributed by atoms with Gasteiger partial charge in [-0.2, -0.15) is 12.1 Å². The summed E-state index contributed by atoms with van der Waals surface area (Å²) >= 11 is 0. The van der Waals surface area contributed by atoms with Crippen molar-refractivity contribution in [2.24, 2.45) is 0 Å². The molecule has 0 spiro atoms. The summed E-state index contributed by atoms with van der Waals surface area (Å²) in [4.78, 5) is 9.78. The van der Waals surface area contributed by atoms with Crippen LogP contribution in [0.3, 0.4) is 0 Å². The Morgan fingerprint density at radius 2 is 1.41 bits per heavy atom. The minimum atomic E-state index is -0.222. The molecule has 58 heavy (non-hydrogen) atoms. The van der Waals surface area contributed by atoms with Crippen LogP contribution in [0.15, 0.2) is 128 Å². The summed E-state index contributed by atoms with van der Waals surface area (Å²) in [6.45, 7) is 20.2. The fourth-order valence-electron chi connectivity index (χ4n) is 8.61. The van der Waals surface area contributed by atoms with Gasteiger partial charge in [0.2, 0.25) is 0 Å². The van der Waals surface area contributed by atoms with Gasteiger partial charge in [-0.25, -0.2) is 4.98 Å². The number of benzene rings is 5. The van der Waals surface area contributed by atoms with Gasteiger partial charge < -0.3 is 18.9 Å². The number of aryl methyl sites for hydroxylation is 2. The third kappa shape index (κ3) is 6.39. The van der Waals surface area contributed by atoms with E-state index in [4.69, 9.17) is 9.72 Å². The summed E-state index contributed by atoms with van der Waals surface area (Å²) < 4.78 is 10.9. The van der Waals surface area contributed by atoms with Crippen LogP contribution in [0.5, 0.6) is 11.5 Å². The van der Waals surface area contributed by atoms with Crippen LogP contribution in [0.4, 0.5) is 22.9 Å². The Bertz CT molecular complexity index is 2640. The molecule has 0 radical (unpaired) electrons. The molecule has 0 saturated carbocycles. The molecule has 294 valence electrons. The van der Waals surface area contributed by atoms with Crippen molar-refractivity contribution in [3.8, 4) is 22.9 Å². The van der Waals surface area contributed by atoms with Gasteiger partial charge in [-0.3, -0.25) is 4.57 Å². The fraction of sp³-hybridized carbons (Fsp3) is 0.240. The van der Waals surface area contributed by atoms with Crippen LogP contribution >= 0.6 is 0 Å². The van der Waals surface area contributed by atoms with E-state index in [9.17, 15) is 0 Å². The van der Waals surface area contributed by atoms with Gasteiger partial charge in [0.05, 0.1) is 11.4 Å². The summed E-state index contributed by atoms with van der Waals surface area (Å²) in [5, 5.41) is 0. The number of para-hydroxylation sites is 2. The molecule has 0 fully saturated rings. The van der Waals surface area contributed by atoms with E-state index in [1.807, 2.05) is 35.0 Å². The molecule has 7 aromatic rings. The van der Waals surface area contributed by atoms with Gasteiger partial charge >= 0.3 is 6.98 Å². The van der Waals surface area contributed by atoms with E-state index in [-0.39, 0.29) is 44.3 Å². The Balaban J connectivity index is 0.00000469. The smallest absolute Gasteiger partial charge is 0.409 e. The van der Waals surface area contributed by atoms with Crippen molar-refractivity contribution in [3.63, 3.8) is 0 Å². The molecular formula is C50H48BN5OPt-2. The van der Waals surface area contributed by atoms with Crippen molar-refractivity contribution in [2.75, 3.05) is 9.62 Å². The van der Waals surface area contributed by atoms with Crippen molar-refractivity contribution in [2.45, 2.75) is 78.6 Å². The van der Waals surface area contributed by atoms with Crippen LogP contribution in [0, 0.1) is 32.3 Å². The minimum absolute atomic E-state index is 0. The zero-order valence-corrected chi connectivity index (χ0v) is 36.9. The van der Waals surface area contributed by atoms with Crippen LogP contribution in [0.2, 0.25) is 0 Å². The number of imidazole rings is 1. The summed E-state index contributed by atoms with van der Waals surface area (Å²) in [5.41, 5.74) is 12.1. The van der Waals surface area contributed by atoms with E-state index in [0.717, 1.165) is 34.3 Å². The van der Waals surface area contributed by atoms with Crippen molar-refractivity contribution in [3.05, 3.63) is 174 Å². The molecule has 0 saturated heterocycles. The van der Waals surface area contributed by atoms with E-state index in [0.29, 0.717) is 11.5 Å². The standard InChI is InChI=1S/C50H48BN5O.Pt/c1-34-17-15-18-35(2)47(34)51-55(37-19-11-10-12-20-37)43-26-25-40(31-44(43)56(51)46-29-36(27-28-52-46)48(3,4)5)57-39-22-16-21-38(30-39)53-32-45-50(8,9)49(6,7)41-23-13-14-24-42(41)54(45)33-53;/h10-29,32H,1-9H3;/q-2;. The Labute approximate surface area is 358 Å². The molecule has 5 aromatic carbocycles. The number of pyridine rings is 1. The normalized spacial score (nSPS) is 15.0. The number of aromatic nitrogens is 3. The fourth-order valence-corrected chi connectivity index (χ4v) is 8.61. The largest absolute Gasteiger partial charge is 0.510 e. The second kappa shape index (κ2) is 14.5. The first-order valence-corrected chi connectivity index (χ1v) is 19.8. The molecule has 0 bridgehead atoms. The zero-order valence-electron chi connectivity index (χ0n) is 34.7. The number of anilines is 4. The zero-order chi connectivity index (χ0) is 39.9. The average molecular weight is 941 g/mol. The molecule has 6 nitrogen and oxygen atoms in total. The minimum Gasteiger partial charge on any atom is -0.510 e. The molecule has 0 N–H and O–H groups in total. The number of hydrogen-bond donors (Lipinski definition) is 0. The first-order valence-electron chi connectivity index (χ1n) is 19.8. The maximum absolute atomic E-state index is 6.68. The molecule has 2 aliphatic rings. The maximum atomic E-state index is 6.68. The van der Waals surface area contributed by atoms with Gasteiger partial charge in [0.15, 0.2) is 0 Å². The maximum Gasteiger partial charge on any atom is 0.409 e. The van der Waals surface area contributed by atoms with Crippen LogP contribution < -0.4 is 24.4 Å². The van der Waals surface area contributed by atoms with E-state index < -0.39 is 0 Å². The molecule has 9 rings (SSSR count). The van der Waals surface area contributed by atoms with Gasteiger partial charge in [0.1, 0.15) is 5.82 Å². The number of nitrogens with zero attached hydrogens (tertiary/aromatic N) is 5. The Morgan fingerprint density at radius 3 is 2.16 bits per heavy atom. The summed E-state index contributed by atoms with van der Waals surface area (Å²) in [7, 11) is 0. The van der Waals surface area contributed by atoms with Gasteiger partial charge in [-0.1, -0.05) is 126 Å². The van der Waals surface area contributed by atoms with Crippen molar-refractivity contribution < 1.29 is 30.4 Å². The molecular weight excluding hydrogens is 892 g/mol. The number of ether oxygens (including phenoxy) is 1. The predicted octanol–water partition coefficient (Wildman–Crippen LogP) is 10.5. The topological polar surface area (TPSA) is 37.4 Å². The second-order valence-corrected chi connectivity index (χ2v) is 17.6. The summed E-state index contributed by atoms with van der Waals surface area (Å²) in [5.74, 6) is 2.04. The molecule has 0 unspecified atom stereocenters. The third-order valence-electron chi connectivity index (χ3n) is 12.5.